The van der Waals surface area contributed by atoms with Crippen molar-refractivity contribution in [2.75, 3.05) is 66.0 Å². The zero-order chi connectivity index (χ0) is 29.9. The number of aliphatic hydroxyl groups excluding tert-OH is 2. The van der Waals surface area contributed by atoms with Crippen LogP contribution in [0.5, 0.6) is 0 Å². The standard InChI is InChI=1S/C25H37F3N2O11/c26-25(27,28)23(35)30-19-20(33)21(34)24(15-40-22(19)41-24)14-39-13-12-38-11-10-37-9-8-36-7-6-29-18(32)5-4-17(31)16-2-1-3-16/h4-5,16,19-22,33-34H,1-3,6-15H2,(H,29,32)(H,30,35)/b5-4+/t19-,20+,21+,22-,24-/m0/s1. The summed E-state index contributed by atoms with van der Waals surface area (Å²) in [5, 5.41) is 24.9. The Morgan fingerprint density at radius 3 is 2.12 bits per heavy atom. The SMILES string of the molecule is O=C(/C=C/C(=O)C1CCC1)NCCOCCOCCOCCOC[C@@]12CO[C@@H](O1)[C@@H](NC(=O)C(F)(F)F)[C@@H](O)[C@H]2O. The van der Waals surface area contributed by atoms with Gasteiger partial charge in [0, 0.05) is 18.5 Å². The molecule has 16 heteroatoms. The van der Waals surface area contributed by atoms with Crippen LogP contribution >= 0.6 is 0 Å². The van der Waals surface area contributed by atoms with Crippen LogP contribution in [-0.4, -0.2) is 130 Å². The Labute approximate surface area is 234 Å². The molecule has 3 aliphatic rings. The lowest BCUT2D eigenvalue weighted by atomic mass is 9.82. The first-order valence-corrected chi connectivity index (χ1v) is 13.4. The fraction of sp³-hybridized carbons (Fsp3) is 0.800. The summed E-state index contributed by atoms with van der Waals surface area (Å²) in [4.78, 5) is 34.6. The average molecular weight is 599 g/mol. The maximum Gasteiger partial charge on any atom is 0.471 e. The van der Waals surface area contributed by atoms with Gasteiger partial charge in [-0.3, -0.25) is 14.4 Å². The van der Waals surface area contributed by atoms with Gasteiger partial charge in [0.1, 0.15) is 23.9 Å². The first-order valence-electron chi connectivity index (χ1n) is 13.4. The van der Waals surface area contributed by atoms with Crippen molar-refractivity contribution in [2.45, 2.75) is 55.6 Å². The summed E-state index contributed by atoms with van der Waals surface area (Å²) in [6.07, 6.45) is -4.58. The number of hydrogen-bond donors (Lipinski definition) is 4. The van der Waals surface area contributed by atoms with E-state index in [9.17, 15) is 37.8 Å². The van der Waals surface area contributed by atoms with Gasteiger partial charge in [0.15, 0.2) is 12.1 Å². The van der Waals surface area contributed by atoms with Crippen molar-refractivity contribution < 1.29 is 66.2 Å². The van der Waals surface area contributed by atoms with Crippen LogP contribution in [0.1, 0.15) is 19.3 Å². The highest BCUT2D eigenvalue weighted by Gasteiger charge is 2.60. The lowest BCUT2D eigenvalue weighted by molar-refractivity contribution is -0.240. The van der Waals surface area contributed by atoms with E-state index in [1.165, 1.54) is 12.2 Å². The summed E-state index contributed by atoms with van der Waals surface area (Å²) in [6.45, 7) is 1.55. The molecule has 2 amide bonds. The first-order chi connectivity index (χ1) is 19.5. The molecule has 2 bridgehead atoms. The number of allylic oxidation sites excluding steroid dienone is 1. The van der Waals surface area contributed by atoms with Gasteiger partial charge in [-0.1, -0.05) is 6.42 Å². The fourth-order valence-corrected chi connectivity index (χ4v) is 4.27. The molecule has 0 radical (unpaired) electrons. The maximum absolute atomic E-state index is 12.5. The highest BCUT2D eigenvalue weighted by molar-refractivity contribution is 5.99. The number of fused-ring (bicyclic) bond motifs is 2. The summed E-state index contributed by atoms with van der Waals surface area (Å²) in [5.74, 6) is -2.57. The van der Waals surface area contributed by atoms with E-state index in [4.69, 9.17) is 28.4 Å². The van der Waals surface area contributed by atoms with Crippen molar-refractivity contribution in [3.8, 4) is 0 Å². The van der Waals surface area contributed by atoms with Gasteiger partial charge in [0.25, 0.3) is 0 Å². The summed E-state index contributed by atoms with van der Waals surface area (Å²) < 4.78 is 69.9. The van der Waals surface area contributed by atoms with Crippen molar-refractivity contribution >= 4 is 17.6 Å². The summed E-state index contributed by atoms with van der Waals surface area (Å²) >= 11 is 0. The number of aliphatic hydroxyl groups is 2. The number of hydrogen-bond acceptors (Lipinski definition) is 11. The van der Waals surface area contributed by atoms with Gasteiger partial charge in [-0.2, -0.15) is 13.2 Å². The Bertz CT molecular complexity index is 903. The number of halogens is 3. The third kappa shape index (κ3) is 9.95. The molecule has 2 aliphatic heterocycles. The zero-order valence-corrected chi connectivity index (χ0v) is 22.4. The summed E-state index contributed by atoms with van der Waals surface area (Å²) in [7, 11) is 0. The third-order valence-corrected chi connectivity index (χ3v) is 6.84. The molecule has 0 aromatic carbocycles. The van der Waals surface area contributed by atoms with Crippen molar-refractivity contribution in [1.29, 1.82) is 0 Å². The Morgan fingerprint density at radius 2 is 1.54 bits per heavy atom. The number of rotatable bonds is 18. The van der Waals surface area contributed by atoms with E-state index < -0.39 is 42.2 Å². The molecule has 4 N–H and O–H groups in total. The van der Waals surface area contributed by atoms with Crippen LogP contribution < -0.4 is 10.6 Å². The lowest BCUT2D eigenvalue weighted by Crippen LogP contribution is -2.67. The minimum atomic E-state index is -5.17. The molecule has 1 aliphatic carbocycles. The van der Waals surface area contributed by atoms with Crippen LogP contribution in [-0.2, 0) is 42.8 Å². The van der Waals surface area contributed by atoms with Crippen molar-refractivity contribution in [1.82, 2.24) is 10.6 Å². The van der Waals surface area contributed by atoms with Crippen LogP contribution in [0.2, 0.25) is 0 Å². The minimum absolute atomic E-state index is 0.00707. The Kier molecular flexibility index (Phi) is 12.9. The van der Waals surface area contributed by atoms with Gasteiger partial charge in [0.05, 0.1) is 59.5 Å². The number of carbonyl (C=O) groups is 3. The molecule has 41 heavy (non-hydrogen) atoms. The van der Waals surface area contributed by atoms with Crippen LogP contribution in [0.15, 0.2) is 12.2 Å². The van der Waals surface area contributed by atoms with Gasteiger partial charge >= 0.3 is 12.1 Å². The second-order valence-electron chi connectivity index (χ2n) is 9.84. The molecule has 5 atom stereocenters. The number of alkyl halides is 3. The second-order valence-corrected chi connectivity index (χ2v) is 9.84. The molecular weight excluding hydrogens is 561 g/mol. The van der Waals surface area contributed by atoms with E-state index in [0.717, 1.165) is 19.3 Å². The monoisotopic (exact) mass is 598 g/mol. The molecule has 1 saturated carbocycles. The van der Waals surface area contributed by atoms with Crippen LogP contribution in [0.25, 0.3) is 0 Å². The first kappa shape index (κ1) is 33.3. The van der Waals surface area contributed by atoms with E-state index >= 15 is 0 Å². The molecule has 0 spiro atoms. The quantitative estimate of drug-likeness (QED) is 0.113. The van der Waals surface area contributed by atoms with Crippen molar-refractivity contribution in [3.05, 3.63) is 12.2 Å². The minimum Gasteiger partial charge on any atom is -0.388 e. The number of amides is 2. The van der Waals surface area contributed by atoms with Crippen LogP contribution in [0.3, 0.4) is 0 Å². The molecule has 0 aromatic rings. The number of ether oxygens (including phenoxy) is 6. The summed E-state index contributed by atoms with van der Waals surface area (Å²) in [5.41, 5.74) is -1.50. The van der Waals surface area contributed by atoms with Gasteiger partial charge in [-0.05, 0) is 18.9 Å². The van der Waals surface area contributed by atoms with Gasteiger partial charge < -0.3 is 49.3 Å². The average Bonchev–Trinajstić information content (AvgIpc) is 3.29. The molecule has 234 valence electrons. The predicted octanol–water partition coefficient (Wildman–Crippen LogP) is -1.01. The number of carbonyl (C=O) groups excluding carboxylic acids is 3. The fourth-order valence-electron chi connectivity index (χ4n) is 4.27. The molecule has 13 nitrogen and oxygen atoms in total. The van der Waals surface area contributed by atoms with E-state index in [1.54, 1.807) is 5.32 Å². The van der Waals surface area contributed by atoms with E-state index in [1.807, 2.05) is 0 Å². The molecule has 2 saturated heterocycles. The number of nitrogens with one attached hydrogen (secondary N) is 2. The molecule has 2 heterocycles. The highest BCUT2D eigenvalue weighted by Crippen LogP contribution is 2.37. The highest BCUT2D eigenvalue weighted by atomic mass is 19.4. The Morgan fingerprint density at radius 1 is 0.927 bits per heavy atom. The van der Waals surface area contributed by atoms with Crippen LogP contribution in [0, 0.1) is 5.92 Å². The normalized spacial score (nSPS) is 28.0. The number of ketones is 1. The molecule has 0 unspecified atom stereocenters. The maximum atomic E-state index is 12.5. The lowest BCUT2D eigenvalue weighted by Gasteiger charge is -2.42. The van der Waals surface area contributed by atoms with E-state index in [2.05, 4.69) is 5.32 Å². The molecule has 0 aromatic heterocycles. The Hall–Kier alpha value is -2.18. The molecular formula is C25H37F3N2O11. The molecule has 3 fully saturated rings. The largest absolute Gasteiger partial charge is 0.471 e. The van der Waals surface area contributed by atoms with E-state index in [-0.39, 0.29) is 50.6 Å². The molecule has 3 rings (SSSR count). The third-order valence-electron chi connectivity index (χ3n) is 6.84. The van der Waals surface area contributed by atoms with Gasteiger partial charge in [-0.25, -0.2) is 0 Å². The van der Waals surface area contributed by atoms with Crippen molar-refractivity contribution in [3.63, 3.8) is 0 Å². The Balaban J connectivity index is 1.15. The van der Waals surface area contributed by atoms with Gasteiger partial charge in [0.2, 0.25) is 5.91 Å². The summed E-state index contributed by atoms with van der Waals surface area (Å²) in [6, 6.07) is -1.61. The second kappa shape index (κ2) is 15.9. The van der Waals surface area contributed by atoms with Crippen LogP contribution in [0.4, 0.5) is 13.2 Å². The zero-order valence-electron chi connectivity index (χ0n) is 22.4. The van der Waals surface area contributed by atoms with E-state index in [0.29, 0.717) is 33.0 Å². The van der Waals surface area contributed by atoms with Gasteiger partial charge in [-0.15, -0.1) is 0 Å². The predicted molar refractivity (Wildman–Crippen MR) is 131 cm³/mol. The van der Waals surface area contributed by atoms with Crippen molar-refractivity contribution in [2.24, 2.45) is 5.92 Å². The topological polar surface area (TPSA) is 171 Å². The smallest absolute Gasteiger partial charge is 0.388 e.